The summed E-state index contributed by atoms with van der Waals surface area (Å²) in [6.07, 6.45) is 26.4. The summed E-state index contributed by atoms with van der Waals surface area (Å²) in [7, 11) is -4.19. The molecule has 0 aromatic heterocycles. The summed E-state index contributed by atoms with van der Waals surface area (Å²) in [6.45, 7) is 13.9. The number of carboxylic acids is 1. The van der Waals surface area contributed by atoms with E-state index in [2.05, 4.69) is 41.5 Å². The molecular weight excluding hydrogens is 565 g/mol. The summed E-state index contributed by atoms with van der Waals surface area (Å²) in [5.74, 6) is -0.896. The number of aliphatic carboxylic acids is 1. The van der Waals surface area contributed by atoms with Gasteiger partial charge in [0, 0.05) is 12.8 Å². The molecule has 0 radical (unpaired) electrons. The summed E-state index contributed by atoms with van der Waals surface area (Å²) >= 11 is 0. The lowest BCUT2D eigenvalue weighted by Gasteiger charge is -2.49. The molecule has 0 heterocycles. The zero-order chi connectivity index (χ0) is 32.2. The van der Waals surface area contributed by atoms with E-state index in [9.17, 15) is 14.7 Å². The van der Waals surface area contributed by atoms with Crippen LogP contribution in [-0.2, 0) is 14.0 Å². The molecule has 0 fully saturated rings. The first-order valence-electron chi connectivity index (χ1n) is 19.2. The molecule has 43 heavy (non-hydrogen) atoms. The minimum atomic E-state index is -2.43. The van der Waals surface area contributed by atoms with E-state index >= 15 is 0 Å². The van der Waals surface area contributed by atoms with Crippen molar-refractivity contribution < 1.29 is 19.1 Å². The molecule has 1 atom stereocenters. The third-order valence-electron chi connectivity index (χ3n) is 10.1. The summed E-state index contributed by atoms with van der Waals surface area (Å²) < 4.78 is 7.03. The van der Waals surface area contributed by atoms with Gasteiger partial charge in [-0.3, -0.25) is 9.59 Å². The van der Waals surface area contributed by atoms with Gasteiger partial charge in [0.15, 0.2) is 0 Å². The lowest BCUT2D eigenvalue weighted by atomic mass is 10.1. The Bertz CT molecular complexity index is 653. The molecule has 0 aliphatic heterocycles. The van der Waals surface area contributed by atoms with E-state index in [-0.39, 0.29) is 18.8 Å². The van der Waals surface area contributed by atoms with Crippen LogP contribution in [0.5, 0.6) is 0 Å². The van der Waals surface area contributed by atoms with E-state index in [1.807, 2.05) is 0 Å². The summed E-state index contributed by atoms with van der Waals surface area (Å²) in [6, 6.07) is 6.51. The van der Waals surface area contributed by atoms with E-state index in [1.165, 1.54) is 121 Å². The van der Waals surface area contributed by atoms with Crippen molar-refractivity contribution in [1.29, 1.82) is 0 Å². The SMILES string of the molecule is CCCCCCCC[Si](CCCC)(CCCC)C(CCCCCCC)[Si](CCCC)(CCCC)OC(=O)CCCC(=O)O. The number of carboxylic acid groups (broad SMARTS) is 1. The minimum absolute atomic E-state index is 0.0537. The Labute approximate surface area is 271 Å². The van der Waals surface area contributed by atoms with Gasteiger partial charge >= 0.3 is 5.97 Å². The van der Waals surface area contributed by atoms with E-state index in [1.54, 1.807) is 0 Å². The molecule has 0 rings (SSSR count). The summed E-state index contributed by atoms with van der Waals surface area (Å²) in [5.41, 5.74) is 0. The van der Waals surface area contributed by atoms with Crippen molar-refractivity contribution in [2.24, 2.45) is 0 Å². The Morgan fingerprint density at radius 2 is 0.930 bits per heavy atom. The predicted octanol–water partition coefficient (Wildman–Crippen LogP) is 13.0. The molecule has 0 saturated heterocycles. The van der Waals surface area contributed by atoms with Gasteiger partial charge in [0.25, 0.3) is 14.3 Å². The Morgan fingerprint density at radius 3 is 1.42 bits per heavy atom. The van der Waals surface area contributed by atoms with E-state index < -0.39 is 22.4 Å². The van der Waals surface area contributed by atoms with Crippen LogP contribution < -0.4 is 0 Å². The Balaban J connectivity index is 6.76. The molecule has 0 saturated carbocycles. The first-order chi connectivity index (χ1) is 20.8. The quantitative estimate of drug-likeness (QED) is 0.0587. The average Bonchev–Trinajstić information content (AvgIpc) is 2.99. The van der Waals surface area contributed by atoms with Crippen LogP contribution in [0.4, 0.5) is 0 Å². The zero-order valence-corrected chi connectivity index (χ0v) is 32.0. The highest BCUT2D eigenvalue weighted by molar-refractivity contribution is 6.97. The third-order valence-corrected chi connectivity index (χ3v) is 23.9. The van der Waals surface area contributed by atoms with E-state index in [0.717, 1.165) is 37.8 Å². The van der Waals surface area contributed by atoms with E-state index in [0.29, 0.717) is 11.6 Å². The normalized spacial score (nSPS) is 12.9. The van der Waals surface area contributed by atoms with Gasteiger partial charge in [0.05, 0.1) is 8.07 Å². The molecule has 6 heteroatoms. The number of unbranched alkanes of at least 4 members (excludes halogenated alkanes) is 13. The molecule has 0 aliphatic rings. The van der Waals surface area contributed by atoms with Gasteiger partial charge < -0.3 is 9.53 Å². The highest BCUT2D eigenvalue weighted by Gasteiger charge is 2.54. The smallest absolute Gasteiger partial charge is 0.303 e. The highest BCUT2D eigenvalue weighted by atomic mass is 28.4. The van der Waals surface area contributed by atoms with Crippen molar-refractivity contribution >= 4 is 28.3 Å². The number of hydrogen-bond donors (Lipinski definition) is 1. The van der Waals surface area contributed by atoms with Gasteiger partial charge in [-0.1, -0.05) is 188 Å². The first kappa shape index (κ1) is 42.4. The molecule has 0 aromatic carbocycles. The molecule has 0 spiro atoms. The van der Waals surface area contributed by atoms with Crippen LogP contribution in [0.3, 0.4) is 0 Å². The molecule has 256 valence electrons. The van der Waals surface area contributed by atoms with Crippen molar-refractivity contribution in [2.45, 2.75) is 225 Å². The second-order valence-corrected chi connectivity index (χ2v) is 23.4. The Morgan fingerprint density at radius 1 is 0.512 bits per heavy atom. The van der Waals surface area contributed by atoms with Gasteiger partial charge in [0.2, 0.25) is 0 Å². The first-order valence-corrected chi connectivity index (χ1v) is 24.3. The van der Waals surface area contributed by atoms with Crippen molar-refractivity contribution in [3.8, 4) is 0 Å². The number of rotatable bonds is 32. The average molecular weight is 641 g/mol. The fourth-order valence-electron chi connectivity index (χ4n) is 7.55. The number of hydrogen-bond acceptors (Lipinski definition) is 3. The maximum absolute atomic E-state index is 13.6. The lowest BCUT2D eigenvalue weighted by molar-refractivity contribution is -0.138. The molecule has 1 unspecified atom stereocenters. The Kier molecular flexibility index (Phi) is 27.3. The molecule has 0 aliphatic carbocycles. The van der Waals surface area contributed by atoms with Crippen LogP contribution in [-0.4, -0.2) is 33.4 Å². The van der Waals surface area contributed by atoms with E-state index in [4.69, 9.17) is 4.43 Å². The monoisotopic (exact) mass is 641 g/mol. The van der Waals surface area contributed by atoms with Gasteiger partial charge in [-0.25, -0.2) is 0 Å². The largest absolute Gasteiger partial charge is 0.519 e. The predicted molar refractivity (Wildman–Crippen MR) is 193 cm³/mol. The van der Waals surface area contributed by atoms with Crippen LogP contribution in [0, 0.1) is 0 Å². The second kappa shape index (κ2) is 27.7. The molecule has 1 N–H and O–H groups in total. The third kappa shape index (κ3) is 18.8. The van der Waals surface area contributed by atoms with Crippen LogP contribution in [0.1, 0.15) is 189 Å². The minimum Gasteiger partial charge on any atom is -0.519 e. The fraction of sp³-hybridized carbons (Fsp3) is 0.946. The van der Waals surface area contributed by atoms with Crippen LogP contribution in [0.25, 0.3) is 0 Å². The highest BCUT2D eigenvalue weighted by Crippen LogP contribution is 2.50. The van der Waals surface area contributed by atoms with Crippen molar-refractivity contribution in [2.75, 3.05) is 0 Å². The summed E-state index contributed by atoms with van der Waals surface area (Å²) in [4.78, 5) is 24.9. The molecule has 4 nitrogen and oxygen atoms in total. The standard InChI is InChI=1S/C37H76O4Si2/c1-7-13-19-21-23-25-32-42(30-15-9-3,31-16-10-4)37(29-24-22-20-14-8-2)43(33-17-11-5,34-18-12-6)41-36(40)28-26-27-35(38)39/h37H,7-34H2,1-6H3,(H,38,39). The Hall–Kier alpha value is -0.626. The lowest BCUT2D eigenvalue weighted by Crippen LogP contribution is -2.57. The van der Waals surface area contributed by atoms with Gasteiger partial charge in [0.1, 0.15) is 0 Å². The van der Waals surface area contributed by atoms with Crippen molar-refractivity contribution in [3.05, 3.63) is 0 Å². The second-order valence-electron chi connectivity index (χ2n) is 13.8. The van der Waals surface area contributed by atoms with Crippen molar-refractivity contribution in [3.63, 3.8) is 0 Å². The van der Waals surface area contributed by atoms with Crippen LogP contribution in [0.15, 0.2) is 0 Å². The zero-order valence-electron chi connectivity index (χ0n) is 30.0. The van der Waals surface area contributed by atoms with Crippen molar-refractivity contribution in [1.82, 2.24) is 0 Å². The summed E-state index contributed by atoms with van der Waals surface area (Å²) in [5, 5.41) is 9.87. The topological polar surface area (TPSA) is 63.6 Å². The molecular formula is C37H76O4Si2. The number of carbonyl (C=O) groups excluding carboxylic acids is 1. The van der Waals surface area contributed by atoms with Gasteiger partial charge in [-0.05, 0) is 23.7 Å². The van der Waals surface area contributed by atoms with Crippen LogP contribution >= 0.6 is 0 Å². The molecule has 0 aromatic rings. The molecule has 0 amide bonds. The van der Waals surface area contributed by atoms with Crippen LogP contribution in [0.2, 0.25) is 35.4 Å². The van der Waals surface area contributed by atoms with Gasteiger partial charge in [-0.15, -0.1) is 0 Å². The molecule has 0 bridgehead atoms. The maximum atomic E-state index is 13.6. The van der Waals surface area contributed by atoms with Gasteiger partial charge in [-0.2, -0.15) is 0 Å². The fourth-order valence-corrected chi connectivity index (χ4v) is 24.5. The number of carbonyl (C=O) groups is 2. The maximum Gasteiger partial charge on any atom is 0.303 e.